The maximum atomic E-state index is 12.2. The van der Waals surface area contributed by atoms with Crippen molar-refractivity contribution in [3.8, 4) is 0 Å². The first-order valence-corrected chi connectivity index (χ1v) is 11.4. The zero-order chi connectivity index (χ0) is 18.7. The Kier molecular flexibility index (Phi) is 6.76. The molecule has 1 aliphatic heterocycles. The lowest BCUT2D eigenvalue weighted by Gasteiger charge is -2.34. The van der Waals surface area contributed by atoms with Gasteiger partial charge in [0.25, 0.3) is 0 Å². The Labute approximate surface area is 152 Å². The van der Waals surface area contributed by atoms with E-state index in [2.05, 4.69) is 5.32 Å². The molecule has 146 valence electrons. The van der Waals surface area contributed by atoms with Gasteiger partial charge >= 0.3 is 6.09 Å². The second kappa shape index (κ2) is 8.25. The van der Waals surface area contributed by atoms with E-state index < -0.39 is 15.4 Å². The standard InChI is InChI=1S/C18H34N2O4S/c1-18(2,3)24-17(21)20-12-6-7-14(13-20)10-11-19-15-8-5-9-16(15)25(4,22)23/h14-16,19H,5-13H2,1-4H3. The summed E-state index contributed by atoms with van der Waals surface area (Å²) in [6.45, 7) is 7.96. The van der Waals surface area contributed by atoms with E-state index in [1.165, 1.54) is 6.26 Å². The van der Waals surface area contributed by atoms with Crippen molar-refractivity contribution in [1.29, 1.82) is 0 Å². The van der Waals surface area contributed by atoms with Gasteiger partial charge in [0.1, 0.15) is 5.60 Å². The van der Waals surface area contributed by atoms with Gasteiger partial charge in [-0.05, 0) is 65.3 Å². The van der Waals surface area contributed by atoms with Gasteiger partial charge in [-0.15, -0.1) is 0 Å². The number of nitrogens with one attached hydrogen (secondary N) is 1. The highest BCUT2D eigenvalue weighted by molar-refractivity contribution is 7.91. The van der Waals surface area contributed by atoms with Crippen molar-refractivity contribution >= 4 is 15.9 Å². The molecule has 0 bridgehead atoms. The zero-order valence-electron chi connectivity index (χ0n) is 16.1. The van der Waals surface area contributed by atoms with E-state index in [0.29, 0.717) is 5.92 Å². The van der Waals surface area contributed by atoms with E-state index in [1.54, 1.807) is 0 Å². The van der Waals surface area contributed by atoms with Crippen LogP contribution in [0.3, 0.4) is 0 Å². The second-order valence-electron chi connectivity index (χ2n) is 8.58. The van der Waals surface area contributed by atoms with Crippen molar-refractivity contribution < 1.29 is 17.9 Å². The molecule has 2 fully saturated rings. The third-order valence-electron chi connectivity index (χ3n) is 5.13. The molecule has 6 nitrogen and oxygen atoms in total. The monoisotopic (exact) mass is 374 g/mol. The maximum Gasteiger partial charge on any atom is 0.410 e. The summed E-state index contributed by atoms with van der Waals surface area (Å²) in [5.41, 5.74) is -0.464. The smallest absolute Gasteiger partial charge is 0.410 e. The van der Waals surface area contributed by atoms with Crippen LogP contribution >= 0.6 is 0 Å². The number of piperidine rings is 1. The summed E-state index contributed by atoms with van der Waals surface area (Å²) in [6, 6.07) is 0.0838. The molecule has 0 aromatic carbocycles. The first kappa shape index (κ1) is 20.5. The normalized spacial score (nSPS) is 28.2. The number of likely N-dealkylation sites (tertiary alicyclic amines) is 1. The average Bonchev–Trinajstić information content (AvgIpc) is 2.94. The van der Waals surface area contributed by atoms with Crippen molar-refractivity contribution in [3.05, 3.63) is 0 Å². The molecule has 25 heavy (non-hydrogen) atoms. The molecule has 0 radical (unpaired) electrons. The van der Waals surface area contributed by atoms with Crippen LogP contribution < -0.4 is 5.32 Å². The number of hydrogen-bond acceptors (Lipinski definition) is 5. The van der Waals surface area contributed by atoms with Gasteiger partial charge in [-0.25, -0.2) is 13.2 Å². The van der Waals surface area contributed by atoms with Gasteiger partial charge in [-0.1, -0.05) is 6.42 Å². The molecule has 2 aliphatic rings. The van der Waals surface area contributed by atoms with Crippen LogP contribution in [-0.4, -0.2) is 62.2 Å². The Hall–Kier alpha value is -0.820. The van der Waals surface area contributed by atoms with Crippen LogP contribution in [0.4, 0.5) is 4.79 Å². The summed E-state index contributed by atoms with van der Waals surface area (Å²) < 4.78 is 29.2. The van der Waals surface area contributed by atoms with Gasteiger partial charge in [-0.2, -0.15) is 0 Å². The van der Waals surface area contributed by atoms with Gasteiger partial charge in [0, 0.05) is 25.4 Å². The largest absolute Gasteiger partial charge is 0.444 e. The Balaban J connectivity index is 1.76. The van der Waals surface area contributed by atoms with Crippen LogP contribution in [0.15, 0.2) is 0 Å². The topological polar surface area (TPSA) is 75.7 Å². The molecule has 1 saturated carbocycles. The van der Waals surface area contributed by atoms with Gasteiger partial charge in [0.2, 0.25) is 0 Å². The fourth-order valence-corrected chi connectivity index (χ4v) is 5.36. The molecular weight excluding hydrogens is 340 g/mol. The van der Waals surface area contributed by atoms with E-state index >= 15 is 0 Å². The third kappa shape index (κ3) is 6.44. The summed E-state index contributed by atoms with van der Waals surface area (Å²) >= 11 is 0. The van der Waals surface area contributed by atoms with Crippen molar-refractivity contribution in [2.24, 2.45) is 5.92 Å². The van der Waals surface area contributed by atoms with Crippen molar-refractivity contribution in [3.63, 3.8) is 0 Å². The van der Waals surface area contributed by atoms with E-state index in [9.17, 15) is 13.2 Å². The van der Waals surface area contributed by atoms with E-state index in [0.717, 1.165) is 58.2 Å². The molecule has 3 atom stereocenters. The Morgan fingerprint density at radius 3 is 2.56 bits per heavy atom. The van der Waals surface area contributed by atoms with Crippen LogP contribution in [0.5, 0.6) is 0 Å². The van der Waals surface area contributed by atoms with Crippen LogP contribution in [-0.2, 0) is 14.6 Å². The fraction of sp³-hybridized carbons (Fsp3) is 0.944. The number of carbonyl (C=O) groups is 1. The van der Waals surface area contributed by atoms with Crippen LogP contribution in [0.25, 0.3) is 0 Å². The summed E-state index contributed by atoms with van der Waals surface area (Å²) in [7, 11) is -2.98. The molecule has 2 rings (SSSR count). The quantitative estimate of drug-likeness (QED) is 0.800. The average molecular weight is 375 g/mol. The molecule has 0 aromatic heterocycles. The fourth-order valence-electron chi connectivity index (χ4n) is 3.94. The summed E-state index contributed by atoms with van der Waals surface area (Å²) in [6.07, 6.45) is 6.88. The number of carbonyl (C=O) groups excluding carboxylic acids is 1. The van der Waals surface area contributed by atoms with Gasteiger partial charge in [-0.3, -0.25) is 0 Å². The minimum atomic E-state index is -2.98. The number of nitrogens with zero attached hydrogens (tertiary/aromatic N) is 1. The van der Waals surface area contributed by atoms with Crippen molar-refractivity contribution in [2.75, 3.05) is 25.9 Å². The second-order valence-corrected chi connectivity index (χ2v) is 10.8. The number of ether oxygens (including phenoxy) is 1. The number of hydrogen-bond donors (Lipinski definition) is 1. The summed E-state index contributed by atoms with van der Waals surface area (Å²) in [5.74, 6) is 0.451. The predicted molar refractivity (Wildman–Crippen MR) is 99.4 cm³/mol. The minimum absolute atomic E-state index is 0.0838. The molecule has 0 aromatic rings. The van der Waals surface area contributed by atoms with Gasteiger partial charge in [0.15, 0.2) is 9.84 Å². The molecule has 1 N–H and O–H groups in total. The van der Waals surface area contributed by atoms with Crippen LogP contribution in [0, 0.1) is 5.92 Å². The predicted octanol–water partition coefficient (Wildman–Crippen LogP) is 2.58. The SMILES string of the molecule is CC(C)(C)OC(=O)N1CCCC(CCNC2CCCC2S(C)(=O)=O)C1. The molecule has 1 heterocycles. The minimum Gasteiger partial charge on any atom is -0.444 e. The van der Waals surface area contributed by atoms with Gasteiger partial charge in [0.05, 0.1) is 5.25 Å². The molecule has 0 spiro atoms. The third-order valence-corrected chi connectivity index (χ3v) is 6.80. The van der Waals surface area contributed by atoms with Crippen molar-refractivity contribution in [1.82, 2.24) is 10.2 Å². The lowest BCUT2D eigenvalue weighted by molar-refractivity contribution is 0.0161. The Bertz CT molecular complexity index is 556. The van der Waals surface area contributed by atoms with Crippen molar-refractivity contribution in [2.45, 2.75) is 76.2 Å². The lowest BCUT2D eigenvalue weighted by atomic mass is 9.95. The van der Waals surface area contributed by atoms with Crippen LogP contribution in [0.2, 0.25) is 0 Å². The highest BCUT2D eigenvalue weighted by Gasteiger charge is 2.34. The molecule has 1 aliphatic carbocycles. The maximum absolute atomic E-state index is 12.2. The van der Waals surface area contributed by atoms with E-state index in [1.807, 2.05) is 25.7 Å². The molecule has 1 saturated heterocycles. The lowest BCUT2D eigenvalue weighted by Crippen LogP contribution is -2.44. The molecule has 1 amide bonds. The van der Waals surface area contributed by atoms with E-state index in [-0.39, 0.29) is 17.4 Å². The molecule has 3 unspecified atom stereocenters. The van der Waals surface area contributed by atoms with E-state index in [4.69, 9.17) is 4.74 Å². The Morgan fingerprint density at radius 2 is 1.92 bits per heavy atom. The number of sulfone groups is 1. The summed E-state index contributed by atoms with van der Waals surface area (Å²) in [5, 5.41) is 3.22. The summed E-state index contributed by atoms with van der Waals surface area (Å²) in [4.78, 5) is 14.0. The Morgan fingerprint density at radius 1 is 1.20 bits per heavy atom. The molecular formula is C18H34N2O4S. The first-order valence-electron chi connectivity index (χ1n) is 9.46. The zero-order valence-corrected chi connectivity index (χ0v) is 16.9. The first-order chi connectivity index (χ1) is 11.6. The highest BCUT2D eigenvalue weighted by Crippen LogP contribution is 2.26. The molecule has 7 heteroatoms. The number of amides is 1. The number of rotatable bonds is 5. The highest BCUT2D eigenvalue weighted by atomic mass is 32.2. The van der Waals surface area contributed by atoms with Gasteiger partial charge < -0.3 is 15.0 Å². The van der Waals surface area contributed by atoms with Crippen LogP contribution in [0.1, 0.15) is 59.3 Å².